The highest BCUT2D eigenvalue weighted by Crippen LogP contribution is 2.40. The number of ketones is 1. The van der Waals surface area contributed by atoms with Gasteiger partial charge in [0.1, 0.15) is 0 Å². The summed E-state index contributed by atoms with van der Waals surface area (Å²) in [6, 6.07) is 17.9. The Hall–Kier alpha value is -1.64. The number of alkyl halides is 1. The van der Waals surface area contributed by atoms with Crippen LogP contribution in [0.1, 0.15) is 23.4 Å². The summed E-state index contributed by atoms with van der Waals surface area (Å²) in [7, 11) is 0. The number of benzene rings is 2. The van der Waals surface area contributed by atoms with Crippen molar-refractivity contribution < 1.29 is 9.90 Å². The highest BCUT2D eigenvalue weighted by molar-refractivity contribution is 6.23. The summed E-state index contributed by atoms with van der Waals surface area (Å²) in [5.74, 6) is -0.373. The van der Waals surface area contributed by atoms with Gasteiger partial charge < -0.3 is 5.11 Å². The van der Waals surface area contributed by atoms with Crippen LogP contribution in [0.15, 0.2) is 60.7 Å². The molecule has 2 aromatic carbocycles. The highest BCUT2D eigenvalue weighted by Gasteiger charge is 2.42. The first-order chi connectivity index (χ1) is 9.06. The second-order valence-electron chi connectivity index (χ2n) is 4.46. The van der Waals surface area contributed by atoms with Crippen molar-refractivity contribution in [1.29, 1.82) is 0 Å². The van der Waals surface area contributed by atoms with Gasteiger partial charge in [-0.15, -0.1) is 11.6 Å². The molecule has 2 atom stereocenters. The van der Waals surface area contributed by atoms with Gasteiger partial charge >= 0.3 is 0 Å². The molecule has 0 saturated carbocycles. The second kappa shape index (κ2) is 5.55. The Balaban J connectivity index is 2.49. The van der Waals surface area contributed by atoms with Crippen LogP contribution in [0.2, 0.25) is 0 Å². The Morgan fingerprint density at radius 3 is 2.00 bits per heavy atom. The predicted molar refractivity (Wildman–Crippen MR) is 76.1 cm³/mol. The van der Waals surface area contributed by atoms with E-state index in [1.165, 1.54) is 6.92 Å². The molecule has 0 amide bonds. The molecule has 0 aliphatic carbocycles. The molecule has 0 unspecified atom stereocenters. The lowest BCUT2D eigenvalue weighted by atomic mass is 9.83. The van der Waals surface area contributed by atoms with E-state index >= 15 is 0 Å². The molecule has 2 aromatic rings. The zero-order valence-corrected chi connectivity index (χ0v) is 11.3. The van der Waals surface area contributed by atoms with Gasteiger partial charge in [-0.2, -0.15) is 0 Å². The molecule has 0 saturated heterocycles. The fourth-order valence-electron chi connectivity index (χ4n) is 2.08. The van der Waals surface area contributed by atoms with Crippen molar-refractivity contribution in [1.82, 2.24) is 0 Å². The van der Waals surface area contributed by atoms with Crippen LogP contribution < -0.4 is 0 Å². The molecule has 0 fully saturated rings. The van der Waals surface area contributed by atoms with Crippen LogP contribution in [-0.2, 0) is 10.4 Å². The van der Waals surface area contributed by atoms with Crippen LogP contribution in [0.5, 0.6) is 0 Å². The summed E-state index contributed by atoms with van der Waals surface area (Å²) >= 11 is 6.37. The van der Waals surface area contributed by atoms with Crippen LogP contribution in [0.25, 0.3) is 0 Å². The molecule has 0 aliphatic heterocycles. The molecule has 0 aromatic heterocycles. The van der Waals surface area contributed by atoms with E-state index in [0.717, 1.165) is 0 Å². The lowest BCUT2D eigenvalue weighted by Gasteiger charge is -2.31. The van der Waals surface area contributed by atoms with Gasteiger partial charge in [0.05, 0.1) is 5.38 Å². The summed E-state index contributed by atoms with van der Waals surface area (Å²) in [6.45, 7) is 1.35. The molecule has 0 heterocycles. The molecule has 2 nitrogen and oxygen atoms in total. The van der Waals surface area contributed by atoms with E-state index < -0.39 is 11.0 Å². The molecule has 0 radical (unpaired) electrons. The smallest absolute Gasteiger partial charge is 0.168 e. The predicted octanol–water partition coefficient (Wildman–Crippen LogP) is 3.44. The first-order valence-corrected chi connectivity index (χ1v) is 6.48. The molecule has 2 rings (SSSR count). The van der Waals surface area contributed by atoms with E-state index in [4.69, 9.17) is 11.6 Å². The van der Waals surface area contributed by atoms with E-state index in [1.54, 1.807) is 36.4 Å². The van der Waals surface area contributed by atoms with Gasteiger partial charge in [0.25, 0.3) is 0 Å². The zero-order chi connectivity index (χ0) is 13.9. The average Bonchev–Trinajstić information content (AvgIpc) is 2.47. The topological polar surface area (TPSA) is 37.3 Å². The number of hydrogen-bond donors (Lipinski definition) is 1. The van der Waals surface area contributed by atoms with E-state index in [-0.39, 0.29) is 5.78 Å². The molecule has 1 N–H and O–H groups in total. The Bertz CT molecular complexity index is 553. The standard InChI is InChI=1S/C16H15ClO2/c1-12(18)16(19,14-10-6-3-7-11-14)15(17)13-8-4-2-5-9-13/h2-11,15,19H,1H3/t15-,16+/m0/s1. The highest BCUT2D eigenvalue weighted by atomic mass is 35.5. The molecular weight excluding hydrogens is 260 g/mol. The second-order valence-corrected chi connectivity index (χ2v) is 4.90. The lowest BCUT2D eigenvalue weighted by Crippen LogP contribution is -2.38. The number of aliphatic hydroxyl groups is 1. The Labute approximate surface area is 117 Å². The van der Waals surface area contributed by atoms with Crippen LogP contribution in [0.4, 0.5) is 0 Å². The van der Waals surface area contributed by atoms with Crippen molar-refractivity contribution in [3.05, 3.63) is 71.8 Å². The van der Waals surface area contributed by atoms with Crippen molar-refractivity contribution in [3.63, 3.8) is 0 Å². The number of hydrogen-bond acceptors (Lipinski definition) is 2. The van der Waals surface area contributed by atoms with Gasteiger partial charge in [-0.3, -0.25) is 4.79 Å². The van der Waals surface area contributed by atoms with Gasteiger partial charge in [0, 0.05) is 0 Å². The van der Waals surface area contributed by atoms with Crippen LogP contribution >= 0.6 is 11.6 Å². The van der Waals surface area contributed by atoms with Crippen LogP contribution in [-0.4, -0.2) is 10.9 Å². The average molecular weight is 275 g/mol. The van der Waals surface area contributed by atoms with Gasteiger partial charge in [0.15, 0.2) is 11.4 Å². The van der Waals surface area contributed by atoms with Crippen molar-refractivity contribution in [2.24, 2.45) is 0 Å². The Morgan fingerprint density at radius 2 is 1.53 bits per heavy atom. The maximum Gasteiger partial charge on any atom is 0.168 e. The third-order valence-electron chi connectivity index (χ3n) is 3.21. The first kappa shape index (κ1) is 13.8. The third-order valence-corrected chi connectivity index (χ3v) is 3.78. The van der Waals surface area contributed by atoms with E-state index in [2.05, 4.69) is 0 Å². The van der Waals surface area contributed by atoms with E-state index in [9.17, 15) is 9.90 Å². The van der Waals surface area contributed by atoms with Crippen LogP contribution in [0, 0.1) is 0 Å². The fraction of sp³-hybridized carbons (Fsp3) is 0.188. The number of carbonyl (C=O) groups is 1. The number of halogens is 1. The number of carbonyl (C=O) groups excluding carboxylic acids is 1. The lowest BCUT2D eigenvalue weighted by molar-refractivity contribution is -0.136. The first-order valence-electron chi connectivity index (χ1n) is 6.04. The zero-order valence-electron chi connectivity index (χ0n) is 10.6. The molecule has 98 valence electrons. The fourth-order valence-corrected chi connectivity index (χ4v) is 2.51. The molecule has 0 bridgehead atoms. The number of Topliss-reactive ketones (excluding diaryl/α,β-unsaturated/α-hetero) is 1. The normalized spacial score (nSPS) is 15.5. The molecule has 0 spiro atoms. The van der Waals surface area contributed by atoms with Crippen molar-refractivity contribution >= 4 is 17.4 Å². The maximum absolute atomic E-state index is 11.9. The largest absolute Gasteiger partial charge is 0.375 e. The van der Waals surface area contributed by atoms with Crippen molar-refractivity contribution in [2.45, 2.75) is 17.9 Å². The minimum absolute atomic E-state index is 0.373. The Morgan fingerprint density at radius 1 is 1.05 bits per heavy atom. The van der Waals surface area contributed by atoms with Gasteiger partial charge in [-0.1, -0.05) is 60.7 Å². The van der Waals surface area contributed by atoms with Crippen LogP contribution in [0.3, 0.4) is 0 Å². The third kappa shape index (κ3) is 2.55. The van der Waals surface area contributed by atoms with Gasteiger partial charge in [-0.25, -0.2) is 0 Å². The summed E-state index contributed by atoms with van der Waals surface area (Å²) in [5.41, 5.74) is -0.499. The molecule has 3 heteroatoms. The van der Waals surface area contributed by atoms with Gasteiger partial charge in [0.2, 0.25) is 0 Å². The quantitative estimate of drug-likeness (QED) is 0.867. The van der Waals surface area contributed by atoms with Gasteiger partial charge in [-0.05, 0) is 18.1 Å². The van der Waals surface area contributed by atoms with E-state index in [1.807, 2.05) is 24.3 Å². The number of rotatable bonds is 4. The summed E-state index contributed by atoms with van der Waals surface area (Å²) in [4.78, 5) is 11.9. The molecule has 0 aliphatic rings. The summed E-state index contributed by atoms with van der Waals surface area (Å²) < 4.78 is 0. The Kier molecular flexibility index (Phi) is 4.03. The molecular formula is C16H15ClO2. The summed E-state index contributed by atoms with van der Waals surface area (Å²) in [6.07, 6.45) is 0. The minimum Gasteiger partial charge on any atom is -0.375 e. The summed E-state index contributed by atoms with van der Waals surface area (Å²) in [5, 5.41) is 9.97. The minimum atomic E-state index is -1.72. The van der Waals surface area contributed by atoms with E-state index in [0.29, 0.717) is 11.1 Å². The maximum atomic E-state index is 11.9. The monoisotopic (exact) mass is 274 g/mol. The molecule has 19 heavy (non-hydrogen) atoms. The van der Waals surface area contributed by atoms with Crippen molar-refractivity contribution in [2.75, 3.05) is 0 Å². The SMILES string of the molecule is CC(=O)[C@@](O)(c1ccccc1)[C@@H](Cl)c1ccccc1. The van der Waals surface area contributed by atoms with Crippen molar-refractivity contribution in [3.8, 4) is 0 Å².